The number of rotatable bonds is 4. The van der Waals surface area contributed by atoms with Crippen LogP contribution in [-0.4, -0.2) is 53.8 Å². The van der Waals surface area contributed by atoms with Crippen LogP contribution in [0.15, 0.2) is 48.5 Å². The quantitative estimate of drug-likeness (QED) is 0.530. The van der Waals surface area contributed by atoms with E-state index in [0.717, 1.165) is 62.4 Å². The molecule has 2 bridgehead atoms. The minimum absolute atomic E-state index is 0.125. The van der Waals surface area contributed by atoms with Gasteiger partial charge in [-0.2, -0.15) is 13.2 Å². The monoisotopic (exact) mass is 540 g/mol. The molecule has 1 spiro atoms. The normalized spacial score (nSPS) is 30.7. The molecule has 2 N–H and O–H groups in total. The molecule has 2 aromatic carbocycles. The first-order chi connectivity index (χ1) is 18.7. The van der Waals surface area contributed by atoms with Gasteiger partial charge in [0.2, 0.25) is 5.91 Å². The van der Waals surface area contributed by atoms with Gasteiger partial charge in [0.1, 0.15) is 11.9 Å². The Morgan fingerprint density at radius 3 is 2.62 bits per heavy atom. The molecule has 3 fully saturated rings. The number of piperidine rings is 1. The highest BCUT2D eigenvalue weighted by Gasteiger charge is 2.70. The lowest BCUT2D eigenvalue weighted by Gasteiger charge is -2.63. The van der Waals surface area contributed by atoms with Gasteiger partial charge >= 0.3 is 6.18 Å². The molecule has 2 aliphatic heterocycles. The lowest BCUT2D eigenvalue weighted by molar-refractivity contribution is -0.185. The summed E-state index contributed by atoms with van der Waals surface area (Å²) >= 11 is 0. The van der Waals surface area contributed by atoms with Crippen molar-refractivity contribution in [2.45, 2.75) is 74.3 Å². The number of hydrogen-bond donors (Lipinski definition) is 2. The molecule has 208 valence electrons. The van der Waals surface area contributed by atoms with Crippen molar-refractivity contribution < 1.29 is 27.8 Å². The number of carbonyl (C=O) groups excluding carboxylic acids is 1. The number of likely N-dealkylation sites (N-methyl/N-ethyl adjacent to an activating group) is 1. The minimum atomic E-state index is -4.33. The third-order valence-corrected chi connectivity index (χ3v) is 9.47. The van der Waals surface area contributed by atoms with Crippen LogP contribution in [0.1, 0.15) is 60.8 Å². The number of halogens is 3. The molecule has 4 atom stereocenters. The third-order valence-electron chi connectivity index (χ3n) is 9.47. The van der Waals surface area contributed by atoms with E-state index in [1.165, 1.54) is 61.8 Å². The van der Waals surface area contributed by atoms with Gasteiger partial charge in [-0.15, -0.1) is 0 Å². The number of alkyl halides is 3. The molecule has 5 aliphatic rings. The second-order valence-corrected chi connectivity index (χ2v) is 11.7. The van der Waals surface area contributed by atoms with Gasteiger partial charge in [-0.25, -0.2) is 0 Å². The summed E-state index contributed by atoms with van der Waals surface area (Å²) in [6.45, 7) is 2.33. The van der Waals surface area contributed by atoms with E-state index in [2.05, 4.69) is 28.4 Å². The fourth-order valence-corrected chi connectivity index (χ4v) is 7.49. The molecule has 8 heteroatoms. The Kier molecular flexibility index (Phi) is 6.54. The molecule has 5 nitrogen and oxygen atoms in total. The van der Waals surface area contributed by atoms with Crippen molar-refractivity contribution in [1.29, 1.82) is 0 Å². The summed E-state index contributed by atoms with van der Waals surface area (Å²) in [5.41, 5.74) is 1.96. The molecule has 39 heavy (non-hydrogen) atoms. The summed E-state index contributed by atoms with van der Waals surface area (Å²) in [6, 6.07) is 11.4. The minimum Gasteiger partial charge on any atom is -0.489 e. The Morgan fingerprint density at radius 2 is 1.92 bits per heavy atom. The topological polar surface area (TPSA) is 61.8 Å². The standard InChI is InChI=1S/C20H25NO2.C11H10F3NO/c22-20-8-2-5-17-19(20)9-10-21(12-13-6-7-13)16(20)11-14-3-1-4-15(23-17)18(14)19;1-15-10(16)7-4-8-2-5-9(6-3-8)11(12,13)14/h1,3-4,13,16-17,22H,2,5-12H2;2-7H,1H3,(H,15,16)/b;7-4+/t16-,17+,19-,20-;/m1./s1. The van der Waals surface area contributed by atoms with Crippen LogP contribution in [0.4, 0.5) is 13.2 Å². The van der Waals surface area contributed by atoms with E-state index in [0.29, 0.717) is 11.6 Å². The van der Waals surface area contributed by atoms with Gasteiger partial charge in [-0.05, 0) is 92.8 Å². The summed E-state index contributed by atoms with van der Waals surface area (Å²) in [4.78, 5) is 13.5. The molecule has 2 heterocycles. The highest BCUT2D eigenvalue weighted by molar-refractivity contribution is 5.91. The van der Waals surface area contributed by atoms with Crippen molar-refractivity contribution in [3.05, 3.63) is 70.8 Å². The Morgan fingerprint density at radius 1 is 1.15 bits per heavy atom. The number of nitrogens with one attached hydrogen (secondary N) is 1. The summed E-state index contributed by atoms with van der Waals surface area (Å²) in [5.74, 6) is 1.65. The van der Waals surface area contributed by atoms with Crippen LogP contribution in [0.3, 0.4) is 0 Å². The Hall–Kier alpha value is -2.84. The highest BCUT2D eigenvalue weighted by Crippen LogP contribution is 2.64. The number of nitrogens with zero attached hydrogens (tertiary/aromatic N) is 1. The van der Waals surface area contributed by atoms with Crippen LogP contribution in [-0.2, 0) is 22.8 Å². The predicted molar refractivity (Wildman–Crippen MR) is 142 cm³/mol. The van der Waals surface area contributed by atoms with Crippen LogP contribution in [0.2, 0.25) is 0 Å². The van der Waals surface area contributed by atoms with Crippen molar-refractivity contribution in [3.63, 3.8) is 0 Å². The summed E-state index contributed by atoms with van der Waals surface area (Å²) in [6.07, 6.45) is 6.57. The fraction of sp³-hybridized carbons (Fsp3) is 0.516. The van der Waals surface area contributed by atoms with Crippen LogP contribution in [0, 0.1) is 5.92 Å². The lowest BCUT2D eigenvalue weighted by Crippen LogP contribution is -2.75. The fourth-order valence-electron chi connectivity index (χ4n) is 7.49. The van der Waals surface area contributed by atoms with Crippen molar-refractivity contribution in [3.8, 4) is 5.75 Å². The second-order valence-electron chi connectivity index (χ2n) is 11.7. The van der Waals surface area contributed by atoms with E-state index in [1.54, 1.807) is 0 Å². The largest absolute Gasteiger partial charge is 0.489 e. The number of carbonyl (C=O) groups is 1. The first-order valence-corrected chi connectivity index (χ1v) is 14.0. The zero-order valence-corrected chi connectivity index (χ0v) is 22.1. The lowest BCUT2D eigenvalue weighted by atomic mass is 9.49. The van der Waals surface area contributed by atoms with Crippen LogP contribution < -0.4 is 10.1 Å². The van der Waals surface area contributed by atoms with Gasteiger partial charge in [0.05, 0.1) is 16.6 Å². The first kappa shape index (κ1) is 26.4. The molecule has 0 radical (unpaired) electrons. The second kappa shape index (κ2) is 9.66. The molecule has 0 aromatic heterocycles. The number of ether oxygens (including phenoxy) is 1. The Balaban J connectivity index is 0.000000154. The van der Waals surface area contributed by atoms with Gasteiger partial charge in [-0.1, -0.05) is 24.3 Å². The number of likely N-dealkylation sites (tertiary alicyclic amines) is 1. The maximum atomic E-state index is 12.2. The average molecular weight is 541 g/mol. The summed E-state index contributed by atoms with van der Waals surface area (Å²) in [7, 11) is 1.47. The maximum absolute atomic E-state index is 12.2. The van der Waals surface area contributed by atoms with Crippen molar-refractivity contribution in [2.24, 2.45) is 5.92 Å². The number of hydrogen-bond acceptors (Lipinski definition) is 4. The molecule has 1 amide bonds. The smallest absolute Gasteiger partial charge is 0.416 e. The van der Waals surface area contributed by atoms with Gasteiger partial charge in [-0.3, -0.25) is 9.69 Å². The van der Waals surface area contributed by atoms with Crippen LogP contribution >= 0.6 is 0 Å². The van der Waals surface area contributed by atoms with Crippen LogP contribution in [0.25, 0.3) is 6.08 Å². The van der Waals surface area contributed by atoms with Gasteiger partial charge in [0.15, 0.2) is 0 Å². The van der Waals surface area contributed by atoms with E-state index in [4.69, 9.17) is 4.74 Å². The van der Waals surface area contributed by atoms with E-state index in [-0.39, 0.29) is 17.4 Å². The zero-order valence-electron chi connectivity index (χ0n) is 22.1. The Bertz CT molecular complexity index is 1270. The Labute approximate surface area is 227 Å². The number of benzene rings is 2. The molecule has 7 rings (SSSR count). The van der Waals surface area contributed by atoms with Gasteiger partial charge < -0.3 is 15.2 Å². The van der Waals surface area contributed by atoms with E-state index < -0.39 is 17.3 Å². The average Bonchev–Trinajstić information content (AvgIpc) is 3.66. The molecular weight excluding hydrogens is 505 g/mol. The van der Waals surface area contributed by atoms with E-state index >= 15 is 0 Å². The predicted octanol–water partition coefficient (Wildman–Crippen LogP) is 5.11. The van der Waals surface area contributed by atoms with E-state index in [9.17, 15) is 23.1 Å². The molecule has 2 saturated carbocycles. The zero-order chi connectivity index (χ0) is 27.4. The molecule has 0 unspecified atom stereocenters. The van der Waals surface area contributed by atoms with Gasteiger partial charge in [0.25, 0.3) is 0 Å². The van der Waals surface area contributed by atoms with Gasteiger partial charge in [0, 0.05) is 31.3 Å². The van der Waals surface area contributed by atoms with Crippen LogP contribution in [0.5, 0.6) is 5.75 Å². The summed E-state index contributed by atoms with van der Waals surface area (Å²) < 4.78 is 43.0. The van der Waals surface area contributed by atoms with Crippen molar-refractivity contribution in [2.75, 3.05) is 20.1 Å². The molecular formula is C31H35F3N2O3. The van der Waals surface area contributed by atoms with Crippen molar-refractivity contribution >= 4 is 12.0 Å². The first-order valence-electron chi connectivity index (χ1n) is 14.0. The highest BCUT2D eigenvalue weighted by atomic mass is 19.4. The third kappa shape index (κ3) is 4.45. The number of aliphatic hydroxyl groups is 1. The summed E-state index contributed by atoms with van der Waals surface area (Å²) in [5, 5.41) is 14.4. The van der Waals surface area contributed by atoms with Crippen molar-refractivity contribution in [1.82, 2.24) is 10.2 Å². The number of amides is 1. The molecule has 1 saturated heterocycles. The molecule has 2 aromatic rings. The maximum Gasteiger partial charge on any atom is 0.416 e. The van der Waals surface area contributed by atoms with E-state index in [1.807, 2.05) is 0 Å². The SMILES string of the molecule is CNC(=O)/C=C/c1ccc(C(F)(F)F)cc1.O[C@@]12CCC[C@@H]3Oc4cccc5c4[C@@]31CCN(CC1CC1)[C@@H]2C5. The molecule has 3 aliphatic carbocycles.